The molecule has 1 aliphatic rings. The van der Waals surface area contributed by atoms with Crippen LogP contribution in [0.3, 0.4) is 0 Å². The molecular formula is C20H20FN3O2. The number of carbonyl (C=O) groups is 1. The lowest BCUT2D eigenvalue weighted by Crippen LogP contribution is -2.32. The Balaban J connectivity index is 1.93. The lowest BCUT2D eigenvalue weighted by Gasteiger charge is -2.19. The maximum atomic E-state index is 13.2. The first kappa shape index (κ1) is 16.6. The van der Waals surface area contributed by atoms with E-state index in [0.717, 1.165) is 22.5 Å². The van der Waals surface area contributed by atoms with Gasteiger partial charge in [-0.25, -0.2) is 4.39 Å². The molecule has 0 bridgehead atoms. The summed E-state index contributed by atoms with van der Waals surface area (Å²) in [5.41, 5.74) is 4.00. The Labute approximate surface area is 150 Å². The topological polar surface area (TPSA) is 57.8 Å². The molecule has 3 aromatic rings. The van der Waals surface area contributed by atoms with E-state index in [1.807, 2.05) is 10.5 Å². The van der Waals surface area contributed by atoms with Gasteiger partial charge < -0.3 is 10.0 Å². The molecule has 4 rings (SSSR count). The Kier molecular flexibility index (Phi) is 3.54. The second-order valence-electron chi connectivity index (χ2n) is 7.49. The number of aromatic nitrogens is 2. The van der Waals surface area contributed by atoms with E-state index in [1.165, 1.54) is 12.1 Å². The lowest BCUT2D eigenvalue weighted by atomic mass is 9.90. The van der Waals surface area contributed by atoms with E-state index in [0.29, 0.717) is 18.6 Å². The van der Waals surface area contributed by atoms with Crippen molar-refractivity contribution in [3.05, 3.63) is 59.2 Å². The largest absolute Gasteiger partial charge is 0.492 e. The van der Waals surface area contributed by atoms with Crippen LogP contribution in [0, 0.1) is 5.82 Å². The van der Waals surface area contributed by atoms with Crippen LogP contribution < -0.4 is 4.90 Å². The van der Waals surface area contributed by atoms with Crippen LogP contribution in [0.25, 0.3) is 5.65 Å². The summed E-state index contributed by atoms with van der Waals surface area (Å²) >= 11 is 0. The third-order valence-electron chi connectivity index (χ3n) is 4.95. The number of pyridine rings is 1. The van der Waals surface area contributed by atoms with Gasteiger partial charge in [-0.15, -0.1) is 0 Å². The number of amides is 1. The van der Waals surface area contributed by atoms with Gasteiger partial charge in [-0.1, -0.05) is 26.0 Å². The van der Waals surface area contributed by atoms with Crippen LogP contribution in [0.5, 0.6) is 5.88 Å². The van der Waals surface area contributed by atoms with Gasteiger partial charge in [0, 0.05) is 30.9 Å². The van der Waals surface area contributed by atoms with E-state index in [2.05, 4.69) is 18.8 Å². The second-order valence-corrected chi connectivity index (χ2v) is 7.49. The predicted molar refractivity (Wildman–Crippen MR) is 97.1 cm³/mol. The fourth-order valence-corrected chi connectivity index (χ4v) is 3.85. The zero-order chi connectivity index (χ0) is 18.6. The van der Waals surface area contributed by atoms with Crippen molar-refractivity contribution in [1.82, 2.24) is 9.38 Å². The van der Waals surface area contributed by atoms with Crippen LogP contribution in [0.4, 0.5) is 10.1 Å². The van der Waals surface area contributed by atoms with Gasteiger partial charge in [-0.3, -0.25) is 9.20 Å². The van der Waals surface area contributed by atoms with Crippen molar-refractivity contribution in [2.24, 2.45) is 0 Å². The minimum atomic E-state index is -0.282. The smallest absolute Gasteiger partial charge is 0.230 e. The summed E-state index contributed by atoms with van der Waals surface area (Å²) in [6.45, 7) is 6.28. The number of halogens is 1. The summed E-state index contributed by atoms with van der Waals surface area (Å²) < 4.78 is 15.1. The normalized spacial score (nSPS) is 15.5. The van der Waals surface area contributed by atoms with Gasteiger partial charge in [0.1, 0.15) is 11.5 Å². The van der Waals surface area contributed by atoms with Gasteiger partial charge in [0.25, 0.3) is 0 Å². The Morgan fingerprint density at radius 2 is 2.00 bits per heavy atom. The summed E-state index contributed by atoms with van der Waals surface area (Å²) in [5.74, 6) is -0.361. The number of hydrogen-bond acceptors (Lipinski definition) is 3. The standard InChI is InChI=1S/C20H20FN3O2/c1-12(25)24-11-20(2,3)18-16(24)9-14(19-22-17(26)10-23(18)19)8-13-4-6-15(21)7-5-13/h4-7,9-10,26H,8,11H2,1-3H3. The van der Waals surface area contributed by atoms with Gasteiger partial charge in [0.2, 0.25) is 11.8 Å². The van der Waals surface area contributed by atoms with Gasteiger partial charge >= 0.3 is 0 Å². The van der Waals surface area contributed by atoms with Crippen LogP contribution >= 0.6 is 0 Å². The highest BCUT2D eigenvalue weighted by Crippen LogP contribution is 2.42. The van der Waals surface area contributed by atoms with E-state index >= 15 is 0 Å². The molecule has 134 valence electrons. The molecule has 0 fully saturated rings. The quantitative estimate of drug-likeness (QED) is 0.768. The average Bonchev–Trinajstić information content (AvgIpc) is 3.07. The number of aromatic hydroxyl groups is 1. The highest BCUT2D eigenvalue weighted by atomic mass is 19.1. The Bertz CT molecular complexity index is 1020. The number of benzene rings is 1. The number of carbonyl (C=O) groups excluding carboxylic acids is 1. The van der Waals surface area contributed by atoms with Gasteiger partial charge in [-0.05, 0) is 23.8 Å². The van der Waals surface area contributed by atoms with E-state index in [1.54, 1.807) is 30.2 Å². The molecule has 0 aliphatic carbocycles. The van der Waals surface area contributed by atoms with E-state index in [-0.39, 0.29) is 23.0 Å². The summed E-state index contributed by atoms with van der Waals surface area (Å²) in [6, 6.07) is 8.28. The lowest BCUT2D eigenvalue weighted by molar-refractivity contribution is -0.116. The molecule has 0 unspecified atom stereocenters. The summed E-state index contributed by atoms with van der Waals surface area (Å²) in [6.07, 6.45) is 2.12. The van der Waals surface area contributed by atoms with E-state index in [4.69, 9.17) is 0 Å². The number of fused-ring (bicyclic) bond motifs is 3. The van der Waals surface area contributed by atoms with Crippen molar-refractivity contribution < 1.29 is 14.3 Å². The van der Waals surface area contributed by atoms with Crippen LogP contribution in [-0.4, -0.2) is 26.9 Å². The van der Waals surface area contributed by atoms with Gasteiger partial charge in [0.15, 0.2) is 0 Å². The zero-order valence-electron chi connectivity index (χ0n) is 15.0. The Hall–Kier alpha value is -2.89. The predicted octanol–water partition coefficient (Wildman–Crippen LogP) is 3.41. The molecule has 1 aliphatic heterocycles. The third kappa shape index (κ3) is 2.53. The van der Waals surface area contributed by atoms with Crippen molar-refractivity contribution in [2.75, 3.05) is 11.4 Å². The number of nitrogens with zero attached hydrogens (tertiary/aromatic N) is 3. The molecule has 0 radical (unpaired) electrons. The molecule has 0 saturated carbocycles. The first-order chi connectivity index (χ1) is 12.3. The molecule has 5 nitrogen and oxygen atoms in total. The Morgan fingerprint density at radius 1 is 1.31 bits per heavy atom. The molecule has 2 aromatic heterocycles. The van der Waals surface area contributed by atoms with Crippen LogP contribution in [0.15, 0.2) is 36.5 Å². The number of anilines is 1. The highest BCUT2D eigenvalue weighted by Gasteiger charge is 2.40. The van der Waals surface area contributed by atoms with Crippen LogP contribution in [0.2, 0.25) is 0 Å². The zero-order valence-corrected chi connectivity index (χ0v) is 15.0. The van der Waals surface area contributed by atoms with E-state index in [9.17, 15) is 14.3 Å². The molecular weight excluding hydrogens is 333 g/mol. The number of hydrogen-bond donors (Lipinski definition) is 1. The third-order valence-corrected chi connectivity index (χ3v) is 4.95. The molecule has 0 saturated heterocycles. The van der Waals surface area contributed by atoms with E-state index < -0.39 is 0 Å². The van der Waals surface area contributed by atoms with Crippen molar-refractivity contribution >= 4 is 17.2 Å². The fourth-order valence-electron chi connectivity index (χ4n) is 3.85. The second kappa shape index (κ2) is 5.56. The minimum absolute atomic E-state index is 0.0201. The summed E-state index contributed by atoms with van der Waals surface area (Å²) in [7, 11) is 0. The van der Waals surface area contributed by atoms with Crippen molar-refractivity contribution in [1.29, 1.82) is 0 Å². The minimum Gasteiger partial charge on any atom is -0.492 e. The fraction of sp³-hybridized carbons (Fsp3) is 0.300. The molecule has 26 heavy (non-hydrogen) atoms. The monoisotopic (exact) mass is 353 g/mol. The molecule has 0 atom stereocenters. The summed E-state index contributed by atoms with van der Waals surface area (Å²) in [5, 5.41) is 10.00. The average molecular weight is 353 g/mol. The van der Waals surface area contributed by atoms with Crippen LogP contribution in [0.1, 0.15) is 37.6 Å². The van der Waals surface area contributed by atoms with Gasteiger partial charge in [-0.2, -0.15) is 4.98 Å². The SMILES string of the molecule is CC(=O)N1CC(C)(C)c2c1cc(Cc1ccc(F)cc1)c1nc(O)cn21. The number of rotatable bonds is 2. The Morgan fingerprint density at radius 3 is 2.65 bits per heavy atom. The molecule has 0 spiro atoms. The molecule has 3 heterocycles. The maximum absolute atomic E-state index is 13.2. The molecule has 1 amide bonds. The first-order valence-electron chi connectivity index (χ1n) is 8.53. The molecule has 6 heteroatoms. The number of imidazole rings is 1. The maximum Gasteiger partial charge on any atom is 0.230 e. The van der Waals surface area contributed by atoms with Crippen molar-refractivity contribution in [2.45, 2.75) is 32.6 Å². The first-order valence-corrected chi connectivity index (χ1v) is 8.53. The van der Waals surface area contributed by atoms with Crippen LogP contribution in [-0.2, 0) is 16.6 Å². The summed E-state index contributed by atoms with van der Waals surface area (Å²) in [4.78, 5) is 18.2. The highest BCUT2D eigenvalue weighted by molar-refractivity contribution is 5.95. The van der Waals surface area contributed by atoms with Crippen molar-refractivity contribution in [3.8, 4) is 5.88 Å². The van der Waals surface area contributed by atoms with Gasteiger partial charge in [0.05, 0.1) is 17.6 Å². The van der Waals surface area contributed by atoms with Crippen molar-refractivity contribution in [3.63, 3.8) is 0 Å². The molecule has 1 aromatic carbocycles. The molecule has 1 N–H and O–H groups in total.